The zero-order valence-corrected chi connectivity index (χ0v) is 9.32. The van der Waals surface area contributed by atoms with E-state index in [2.05, 4.69) is 0 Å². The van der Waals surface area contributed by atoms with Crippen molar-refractivity contribution in [3.8, 4) is 0 Å². The van der Waals surface area contributed by atoms with E-state index in [1.165, 1.54) is 4.72 Å². The Kier molecular flexibility index (Phi) is 5.01. The van der Waals surface area contributed by atoms with E-state index in [0.29, 0.717) is 0 Å². The lowest BCUT2D eigenvalue weighted by Gasteiger charge is -2.19. The normalized spacial score (nSPS) is 15.7. The first kappa shape index (κ1) is 14.7. The van der Waals surface area contributed by atoms with Gasteiger partial charge >= 0.3 is 15.5 Å². The smallest absolute Gasteiger partial charge is 0.329 e. The summed E-state index contributed by atoms with van der Waals surface area (Å²) in [6.45, 7) is 3.38. The number of hydrogen-bond donors (Lipinski definition) is 2. The van der Waals surface area contributed by atoms with Crippen LogP contribution in [0.2, 0.25) is 0 Å². The summed E-state index contributed by atoms with van der Waals surface area (Å²) in [4.78, 5) is 0. The summed E-state index contributed by atoms with van der Waals surface area (Å²) < 4.78 is 58.9. The van der Waals surface area contributed by atoms with Gasteiger partial charge in [0.05, 0.1) is 0 Å². The van der Waals surface area contributed by atoms with Gasteiger partial charge in [-0.2, -0.15) is 13.2 Å². The second-order valence-corrected chi connectivity index (χ2v) is 5.33. The van der Waals surface area contributed by atoms with E-state index in [9.17, 15) is 21.6 Å². The molecule has 3 N–H and O–H groups in total. The average Bonchev–Trinajstić information content (AvgIpc) is 1.99. The summed E-state index contributed by atoms with van der Waals surface area (Å²) in [5.41, 5.74) is -0.103. The predicted octanol–water partition coefficient (Wildman–Crippen LogP) is 0.799. The Morgan fingerprint density at radius 1 is 1.33 bits per heavy atom. The fourth-order valence-corrected chi connectivity index (χ4v) is 1.81. The second-order valence-electron chi connectivity index (χ2n) is 3.63. The highest BCUT2D eigenvalue weighted by Gasteiger charge is 2.46. The summed E-state index contributed by atoms with van der Waals surface area (Å²) in [5, 5.41) is 0. The second kappa shape index (κ2) is 5.13. The van der Waals surface area contributed by atoms with Gasteiger partial charge in [-0.3, -0.25) is 0 Å². The van der Waals surface area contributed by atoms with Crippen LogP contribution in [0.1, 0.15) is 20.3 Å². The van der Waals surface area contributed by atoms with E-state index >= 15 is 0 Å². The van der Waals surface area contributed by atoms with Crippen LogP contribution < -0.4 is 10.5 Å². The van der Waals surface area contributed by atoms with Crippen molar-refractivity contribution in [2.75, 3.05) is 6.54 Å². The molecule has 0 aromatic heterocycles. The fraction of sp³-hybridized carbons (Fsp3) is 1.00. The summed E-state index contributed by atoms with van der Waals surface area (Å²) in [6.07, 6.45) is 0.270. The van der Waals surface area contributed by atoms with Crippen LogP contribution in [0.5, 0.6) is 0 Å². The third-order valence-corrected chi connectivity index (χ3v) is 2.92. The van der Waals surface area contributed by atoms with Gasteiger partial charge in [-0.15, -0.1) is 0 Å². The van der Waals surface area contributed by atoms with Crippen molar-refractivity contribution in [2.45, 2.75) is 31.8 Å². The molecule has 0 radical (unpaired) electrons. The van der Waals surface area contributed by atoms with Crippen LogP contribution in [0.25, 0.3) is 0 Å². The number of alkyl halides is 3. The minimum Gasteiger partial charge on any atom is -0.329 e. The fourth-order valence-electron chi connectivity index (χ4n) is 1.05. The number of halogens is 3. The molecule has 0 bridgehead atoms. The van der Waals surface area contributed by atoms with Crippen molar-refractivity contribution in [1.29, 1.82) is 0 Å². The first-order valence-electron chi connectivity index (χ1n) is 4.38. The lowest BCUT2D eigenvalue weighted by atomic mass is 10.1. The van der Waals surface area contributed by atoms with Crippen LogP contribution in [0.4, 0.5) is 13.2 Å². The van der Waals surface area contributed by atoms with E-state index in [0.717, 1.165) is 0 Å². The van der Waals surface area contributed by atoms with Crippen LogP contribution in [0, 0.1) is 5.92 Å². The Hall–Kier alpha value is -0.340. The Labute approximate surface area is 87.1 Å². The van der Waals surface area contributed by atoms with Gasteiger partial charge in [-0.25, -0.2) is 13.1 Å². The SMILES string of the molecule is CC(C)CC(CN)NS(=O)(=O)C(F)(F)F. The first-order chi connectivity index (χ1) is 6.60. The van der Waals surface area contributed by atoms with E-state index in [1.54, 1.807) is 13.8 Å². The van der Waals surface area contributed by atoms with Crippen molar-refractivity contribution < 1.29 is 21.6 Å². The molecule has 0 spiro atoms. The maximum atomic E-state index is 12.0. The number of sulfonamides is 1. The molecule has 8 heteroatoms. The minimum absolute atomic E-state index is 0.0643. The highest BCUT2D eigenvalue weighted by Crippen LogP contribution is 2.22. The lowest BCUT2D eigenvalue weighted by Crippen LogP contribution is -2.46. The zero-order valence-electron chi connectivity index (χ0n) is 8.50. The van der Waals surface area contributed by atoms with Gasteiger partial charge in [-0.1, -0.05) is 13.8 Å². The third kappa shape index (κ3) is 4.80. The van der Waals surface area contributed by atoms with E-state index in [-0.39, 0.29) is 18.9 Å². The molecule has 0 saturated carbocycles. The zero-order chi connectivity index (χ0) is 12.3. The molecule has 15 heavy (non-hydrogen) atoms. The van der Waals surface area contributed by atoms with Crippen LogP contribution in [0.3, 0.4) is 0 Å². The van der Waals surface area contributed by atoms with Gasteiger partial charge < -0.3 is 5.73 Å². The number of rotatable bonds is 5. The summed E-state index contributed by atoms with van der Waals surface area (Å²) in [6, 6.07) is -0.878. The molecule has 0 aliphatic heterocycles. The van der Waals surface area contributed by atoms with Crippen molar-refractivity contribution in [3.63, 3.8) is 0 Å². The van der Waals surface area contributed by atoms with Crippen LogP contribution in [-0.2, 0) is 10.0 Å². The highest BCUT2D eigenvalue weighted by atomic mass is 32.2. The van der Waals surface area contributed by atoms with Crippen LogP contribution in [0.15, 0.2) is 0 Å². The molecule has 0 amide bonds. The monoisotopic (exact) mass is 248 g/mol. The molecule has 0 heterocycles. The van der Waals surface area contributed by atoms with Crippen molar-refractivity contribution in [2.24, 2.45) is 11.7 Å². The van der Waals surface area contributed by atoms with Gasteiger partial charge in [0.15, 0.2) is 0 Å². The lowest BCUT2D eigenvalue weighted by molar-refractivity contribution is -0.0451. The summed E-state index contributed by atoms with van der Waals surface area (Å²) >= 11 is 0. The van der Waals surface area contributed by atoms with Gasteiger partial charge in [-0.05, 0) is 12.3 Å². The number of nitrogens with one attached hydrogen (secondary N) is 1. The summed E-state index contributed by atoms with van der Waals surface area (Å²) in [7, 11) is -5.28. The number of nitrogens with two attached hydrogens (primary N) is 1. The minimum atomic E-state index is -5.28. The number of hydrogen-bond acceptors (Lipinski definition) is 3. The Bertz CT molecular complexity index is 287. The molecule has 0 rings (SSSR count). The largest absolute Gasteiger partial charge is 0.511 e. The van der Waals surface area contributed by atoms with E-state index in [4.69, 9.17) is 5.73 Å². The molecular formula is C7H15F3N2O2S. The van der Waals surface area contributed by atoms with Gasteiger partial charge in [0, 0.05) is 12.6 Å². The molecule has 0 fully saturated rings. The maximum Gasteiger partial charge on any atom is 0.511 e. The van der Waals surface area contributed by atoms with Crippen molar-refractivity contribution >= 4 is 10.0 Å². The molecule has 0 saturated heterocycles. The average molecular weight is 248 g/mol. The third-order valence-electron chi connectivity index (χ3n) is 1.67. The quantitative estimate of drug-likeness (QED) is 0.756. The first-order valence-corrected chi connectivity index (χ1v) is 5.87. The standard InChI is InChI=1S/C7H15F3N2O2S/c1-5(2)3-6(4-11)12-15(13,14)7(8,9)10/h5-6,12H,3-4,11H2,1-2H3. The van der Waals surface area contributed by atoms with Crippen LogP contribution >= 0.6 is 0 Å². The molecule has 0 aliphatic rings. The Balaban J connectivity index is 4.56. The molecule has 1 atom stereocenters. The molecule has 1 unspecified atom stereocenters. The highest BCUT2D eigenvalue weighted by molar-refractivity contribution is 7.90. The van der Waals surface area contributed by atoms with E-state index in [1.807, 2.05) is 0 Å². The topological polar surface area (TPSA) is 72.2 Å². The molecule has 0 aromatic rings. The predicted molar refractivity (Wildman–Crippen MR) is 50.4 cm³/mol. The van der Waals surface area contributed by atoms with E-state index < -0.39 is 21.6 Å². The molecular weight excluding hydrogens is 233 g/mol. The van der Waals surface area contributed by atoms with Crippen molar-refractivity contribution in [3.05, 3.63) is 0 Å². The Morgan fingerprint density at radius 2 is 1.80 bits per heavy atom. The molecule has 92 valence electrons. The maximum absolute atomic E-state index is 12.0. The molecule has 0 aromatic carbocycles. The Morgan fingerprint density at radius 3 is 2.07 bits per heavy atom. The van der Waals surface area contributed by atoms with Crippen molar-refractivity contribution in [1.82, 2.24) is 4.72 Å². The van der Waals surface area contributed by atoms with Gasteiger partial charge in [0.25, 0.3) is 0 Å². The molecule has 4 nitrogen and oxygen atoms in total. The summed E-state index contributed by atoms with van der Waals surface area (Å²) in [5.74, 6) is 0.0643. The van der Waals surface area contributed by atoms with Crippen LogP contribution in [-0.4, -0.2) is 26.5 Å². The molecule has 0 aliphatic carbocycles. The van der Waals surface area contributed by atoms with Gasteiger partial charge in [0.2, 0.25) is 0 Å². The van der Waals surface area contributed by atoms with Gasteiger partial charge in [0.1, 0.15) is 0 Å².